The third kappa shape index (κ3) is 5.68. The minimum Gasteiger partial charge on any atom is -0.308 e. The van der Waals surface area contributed by atoms with Gasteiger partial charge in [-0.3, -0.25) is 0 Å². The molecule has 2 heterocycles. The summed E-state index contributed by atoms with van der Waals surface area (Å²) in [6, 6.07) is 80.1. The van der Waals surface area contributed by atoms with E-state index in [1.165, 1.54) is 114 Å². The van der Waals surface area contributed by atoms with Crippen LogP contribution in [0.15, 0.2) is 218 Å². The fourth-order valence-corrected chi connectivity index (χ4v) is 10.5. The van der Waals surface area contributed by atoms with Gasteiger partial charge in [0.15, 0.2) is 0 Å². The molecule has 0 aliphatic carbocycles. The summed E-state index contributed by atoms with van der Waals surface area (Å²) < 4.78 is 5.12. The number of hydrogen-bond donors (Lipinski definition) is 0. The molecule has 12 rings (SSSR count). The zero-order valence-corrected chi connectivity index (χ0v) is 33.5. The minimum absolute atomic E-state index is 1.17. The molecule has 0 saturated heterocycles. The first-order chi connectivity index (χ1) is 29.7. The van der Waals surface area contributed by atoms with Gasteiger partial charge in [-0.25, -0.2) is 0 Å². The van der Waals surface area contributed by atoms with Crippen molar-refractivity contribution in [3.63, 3.8) is 0 Å². The summed E-state index contributed by atoms with van der Waals surface area (Å²) in [7, 11) is 0. The molecule has 2 heteroatoms. The number of hydrogen-bond acceptors (Lipinski definition) is 1. The Bertz CT molecular complexity index is 3610. The lowest BCUT2D eigenvalue weighted by molar-refractivity contribution is 1.19. The lowest BCUT2D eigenvalue weighted by atomic mass is 9.91. The molecule has 280 valence electrons. The Morgan fingerprint density at radius 2 is 0.917 bits per heavy atom. The fourth-order valence-electron chi connectivity index (χ4n) is 9.34. The molecule has 0 amide bonds. The summed E-state index contributed by atoms with van der Waals surface area (Å²) in [6.07, 6.45) is 2.36. The monoisotopic (exact) mass is 779 g/mol. The van der Waals surface area contributed by atoms with Gasteiger partial charge >= 0.3 is 0 Å². The van der Waals surface area contributed by atoms with Crippen molar-refractivity contribution in [1.29, 1.82) is 0 Å². The van der Waals surface area contributed by atoms with Gasteiger partial charge in [-0.15, -0.1) is 11.3 Å². The van der Waals surface area contributed by atoms with Crippen molar-refractivity contribution in [2.75, 3.05) is 0 Å². The molecule has 0 atom stereocenters. The van der Waals surface area contributed by atoms with Crippen LogP contribution in [0, 0.1) is 0 Å². The van der Waals surface area contributed by atoms with Crippen molar-refractivity contribution >= 4 is 86.5 Å². The molecule has 2 aromatic heterocycles. The minimum atomic E-state index is 1.17. The van der Waals surface area contributed by atoms with Gasteiger partial charge in [0.1, 0.15) is 0 Å². The van der Waals surface area contributed by atoms with Crippen molar-refractivity contribution in [2.24, 2.45) is 0 Å². The molecule has 60 heavy (non-hydrogen) atoms. The normalized spacial score (nSPS) is 12.1. The quantitative estimate of drug-likeness (QED) is 0.148. The molecule has 0 unspecified atom stereocenters. The van der Waals surface area contributed by atoms with Crippen LogP contribution >= 0.6 is 11.3 Å². The lowest BCUT2D eigenvalue weighted by Crippen LogP contribution is -1.95. The van der Waals surface area contributed by atoms with Crippen LogP contribution in [-0.4, -0.2) is 4.57 Å². The first kappa shape index (κ1) is 34.5. The number of para-hydroxylation sites is 1. The number of fused-ring (bicyclic) bond motifs is 10. The smallest absolute Gasteiger partial charge is 0.0620 e. The van der Waals surface area contributed by atoms with E-state index in [-0.39, 0.29) is 0 Å². The van der Waals surface area contributed by atoms with E-state index in [0.29, 0.717) is 0 Å². The van der Waals surface area contributed by atoms with Gasteiger partial charge in [0.05, 0.1) is 11.0 Å². The van der Waals surface area contributed by atoms with Crippen LogP contribution in [0.25, 0.3) is 103 Å². The number of aromatic nitrogens is 1. The van der Waals surface area contributed by atoms with Gasteiger partial charge in [-0.2, -0.15) is 0 Å². The Labute approximate surface area is 352 Å². The van der Waals surface area contributed by atoms with E-state index in [9.17, 15) is 0 Å². The number of rotatable bonds is 6. The van der Waals surface area contributed by atoms with Crippen LogP contribution in [0.3, 0.4) is 0 Å². The Kier molecular flexibility index (Phi) is 8.11. The summed E-state index contributed by atoms with van der Waals surface area (Å²) in [5, 5.41) is 10.1. The van der Waals surface area contributed by atoms with Crippen LogP contribution in [0.1, 0.15) is 16.7 Å². The third-order valence-corrected chi connectivity index (χ3v) is 13.3. The fraction of sp³-hybridized carbons (Fsp3) is 0. The highest BCUT2D eigenvalue weighted by molar-refractivity contribution is 7.25. The maximum absolute atomic E-state index is 2.48. The van der Waals surface area contributed by atoms with Crippen molar-refractivity contribution in [2.45, 2.75) is 0 Å². The molecule has 0 aliphatic heterocycles. The van der Waals surface area contributed by atoms with E-state index in [0.717, 1.165) is 0 Å². The Morgan fingerprint density at radius 1 is 0.367 bits per heavy atom. The second-order valence-corrected chi connectivity index (χ2v) is 16.7. The van der Waals surface area contributed by atoms with Crippen LogP contribution in [0.2, 0.25) is 0 Å². The Hall–Kier alpha value is -7.52. The molecule has 0 spiro atoms. The standard InChI is InChI=1S/C58H37NS/c1-3-13-39(14-4-1)40-24-26-42(27-25-40)52(35-38-23-33-49-48-20-11-12-22-55(48)60-56(49)36-38)43-28-30-44(31-29-43)53-37-54-51-34-32-41-15-7-8-18-46(41)57(51)59(45-16-5-2-6-17-45)58(54)50-21-10-9-19-47(50)53/h1-37H/b52-35+. The maximum atomic E-state index is 2.48. The number of thiophene rings is 1. The maximum Gasteiger partial charge on any atom is 0.0620 e. The van der Waals surface area contributed by atoms with Crippen molar-refractivity contribution in [1.82, 2.24) is 4.57 Å². The van der Waals surface area contributed by atoms with Crippen LogP contribution < -0.4 is 0 Å². The summed E-state index contributed by atoms with van der Waals surface area (Å²) in [4.78, 5) is 0. The molecule has 12 aromatic rings. The van der Waals surface area contributed by atoms with Crippen LogP contribution in [-0.2, 0) is 0 Å². The summed E-state index contributed by atoms with van der Waals surface area (Å²) in [5.41, 5.74) is 13.3. The van der Waals surface area contributed by atoms with Crippen molar-refractivity contribution in [3.05, 3.63) is 235 Å². The number of benzene rings is 10. The first-order valence-electron chi connectivity index (χ1n) is 20.6. The Morgan fingerprint density at radius 3 is 1.68 bits per heavy atom. The highest BCUT2D eigenvalue weighted by Crippen LogP contribution is 2.44. The zero-order valence-electron chi connectivity index (χ0n) is 32.7. The van der Waals surface area contributed by atoms with Crippen molar-refractivity contribution in [3.8, 4) is 27.9 Å². The van der Waals surface area contributed by atoms with Crippen LogP contribution in [0.5, 0.6) is 0 Å². The van der Waals surface area contributed by atoms with Gasteiger partial charge in [-0.05, 0) is 91.7 Å². The van der Waals surface area contributed by atoms with E-state index in [1.54, 1.807) is 0 Å². The molecular weight excluding hydrogens is 743 g/mol. The zero-order chi connectivity index (χ0) is 39.6. The van der Waals surface area contributed by atoms with Crippen molar-refractivity contribution < 1.29 is 0 Å². The van der Waals surface area contributed by atoms with E-state index < -0.39 is 0 Å². The molecule has 1 nitrogen and oxygen atoms in total. The van der Waals surface area contributed by atoms with Gasteiger partial charge < -0.3 is 4.57 Å². The number of nitrogens with zero attached hydrogens (tertiary/aromatic N) is 1. The average molecular weight is 780 g/mol. The molecule has 0 radical (unpaired) electrons. The molecule has 0 N–H and O–H groups in total. The second-order valence-electron chi connectivity index (χ2n) is 15.7. The SMILES string of the molecule is C(=C(/c1ccc(-c2ccccc2)cc1)c1ccc(-c2cc3c4ccc5ccccc5c4n(-c4ccccc4)c3c3ccccc23)cc1)/c1ccc2c(c1)sc1ccccc12. The third-order valence-electron chi connectivity index (χ3n) is 12.2. The van der Waals surface area contributed by atoms with Crippen LogP contribution in [0.4, 0.5) is 0 Å². The highest BCUT2D eigenvalue weighted by Gasteiger charge is 2.20. The molecule has 10 aromatic carbocycles. The molecular formula is C58H37NS. The van der Waals surface area contributed by atoms with E-state index >= 15 is 0 Å². The van der Waals surface area contributed by atoms with Gasteiger partial charge in [0.2, 0.25) is 0 Å². The van der Waals surface area contributed by atoms with Gasteiger partial charge in [0.25, 0.3) is 0 Å². The molecule has 0 aliphatic rings. The Balaban J connectivity index is 1.03. The predicted molar refractivity (Wildman–Crippen MR) is 259 cm³/mol. The molecule has 0 saturated carbocycles. The highest BCUT2D eigenvalue weighted by atomic mass is 32.1. The summed E-state index contributed by atoms with van der Waals surface area (Å²) in [6.45, 7) is 0. The van der Waals surface area contributed by atoms with E-state index in [4.69, 9.17) is 0 Å². The molecule has 0 bridgehead atoms. The van der Waals surface area contributed by atoms with E-state index in [1.807, 2.05) is 11.3 Å². The average Bonchev–Trinajstić information content (AvgIpc) is 3.87. The second kappa shape index (κ2) is 14.1. The van der Waals surface area contributed by atoms with Gasteiger partial charge in [-0.1, -0.05) is 188 Å². The van der Waals surface area contributed by atoms with Gasteiger partial charge in [0, 0.05) is 47.4 Å². The predicted octanol–water partition coefficient (Wildman–Crippen LogP) is 16.4. The lowest BCUT2D eigenvalue weighted by Gasteiger charge is -2.14. The van der Waals surface area contributed by atoms with E-state index in [2.05, 4.69) is 229 Å². The topological polar surface area (TPSA) is 4.93 Å². The summed E-state index contributed by atoms with van der Waals surface area (Å²) >= 11 is 1.87. The first-order valence-corrected chi connectivity index (χ1v) is 21.4. The summed E-state index contributed by atoms with van der Waals surface area (Å²) in [5.74, 6) is 0. The molecule has 0 fully saturated rings. The largest absolute Gasteiger partial charge is 0.308 e.